The van der Waals surface area contributed by atoms with Crippen molar-refractivity contribution in [1.29, 1.82) is 0 Å². The summed E-state index contributed by atoms with van der Waals surface area (Å²) in [6, 6.07) is 14.5. The van der Waals surface area contributed by atoms with Gasteiger partial charge in [-0.1, -0.05) is 36.4 Å². The van der Waals surface area contributed by atoms with Crippen LogP contribution in [0.5, 0.6) is 0 Å². The number of hydrogen-bond acceptors (Lipinski definition) is 5. The highest BCUT2D eigenvalue weighted by molar-refractivity contribution is 7.12. The molecule has 1 saturated heterocycles. The third-order valence-corrected chi connectivity index (χ3v) is 5.29. The van der Waals surface area contributed by atoms with Crippen molar-refractivity contribution < 1.29 is 4.79 Å². The summed E-state index contributed by atoms with van der Waals surface area (Å²) in [4.78, 5) is 17.8. The fourth-order valence-electron chi connectivity index (χ4n) is 2.87. The molecule has 1 amide bonds. The first-order valence-electron chi connectivity index (χ1n) is 8.56. The molecule has 1 aromatic carbocycles. The van der Waals surface area contributed by atoms with E-state index in [1.54, 1.807) is 11.3 Å². The average Bonchev–Trinajstić information content (AvgIpc) is 3.17. The van der Waals surface area contributed by atoms with Gasteiger partial charge >= 0.3 is 0 Å². The van der Waals surface area contributed by atoms with Crippen LogP contribution in [-0.4, -0.2) is 54.1 Å². The van der Waals surface area contributed by atoms with Gasteiger partial charge in [-0.15, -0.1) is 11.3 Å². The zero-order chi connectivity index (χ0) is 17.5. The smallest absolute Gasteiger partial charge is 0.254 e. The summed E-state index contributed by atoms with van der Waals surface area (Å²) in [6.07, 6.45) is 0. The molecule has 5 nitrogen and oxygen atoms in total. The molecule has 0 radical (unpaired) electrons. The molecule has 0 atom stereocenters. The predicted molar refractivity (Wildman–Crippen MR) is 103 cm³/mol. The topological polar surface area (TPSA) is 47.9 Å². The number of hydrazone groups is 1. The largest absolute Gasteiger partial charge is 0.297 e. The third-order valence-electron chi connectivity index (χ3n) is 4.31. The van der Waals surface area contributed by atoms with Gasteiger partial charge in [0.05, 0.1) is 12.3 Å². The normalized spacial score (nSPS) is 16.8. The van der Waals surface area contributed by atoms with Crippen molar-refractivity contribution in [2.75, 3.05) is 32.7 Å². The molecule has 0 spiro atoms. The molecule has 1 aromatic heterocycles. The van der Waals surface area contributed by atoms with Crippen LogP contribution in [0.2, 0.25) is 0 Å². The van der Waals surface area contributed by atoms with Gasteiger partial charge in [-0.25, -0.2) is 5.43 Å². The minimum atomic E-state index is -0.0487. The molecule has 25 heavy (non-hydrogen) atoms. The molecule has 6 heteroatoms. The van der Waals surface area contributed by atoms with E-state index in [2.05, 4.69) is 44.6 Å². The zero-order valence-corrected chi connectivity index (χ0v) is 15.3. The molecule has 0 aliphatic carbocycles. The second kappa shape index (κ2) is 8.89. The van der Waals surface area contributed by atoms with E-state index in [1.165, 1.54) is 5.56 Å². The van der Waals surface area contributed by atoms with Crippen molar-refractivity contribution in [2.45, 2.75) is 13.5 Å². The van der Waals surface area contributed by atoms with E-state index in [4.69, 9.17) is 0 Å². The summed E-state index contributed by atoms with van der Waals surface area (Å²) in [7, 11) is 0. The zero-order valence-electron chi connectivity index (χ0n) is 14.5. The summed E-state index contributed by atoms with van der Waals surface area (Å²) in [6.45, 7) is 7.08. The molecular formula is C19H24N4OS. The van der Waals surface area contributed by atoms with Gasteiger partial charge in [0.25, 0.3) is 5.91 Å². The Morgan fingerprint density at radius 1 is 1.08 bits per heavy atom. The average molecular weight is 356 g/mol. The number of hydrogen-bond donors (Lipinski definition) is 1. The van der Waals surface area contributed by atoms with Crippen molar-refractivity contribution in [3.8, 4) is 0 Å². The lowest BCUT2D eigenvalue weighted by atomic mass is 10.2. The fourth-order valence-corrected chi connectivity index (χ4v) is 3.55. The Kier molecular flexibility index (Phi) is 6.33. The van der Waals surface area contributed by atoms with Crippen molar-refractivity contribution in [2.24, 2.45) is 5.10 Å². The first kappa shape index (κ1) is 17.8. The minimum absolute atomic E-state index is 0.0487. The second-order valence-corrected chi connectivity index (χ2v) is 7.20. The van der Waals surface area contributed by atoms with Crippen LogP contribution >= 0.6 is 11.3 Å². The van der Waals surface area contributed by atoms with Gasteiger partial charge in [-0.3, -0.25) is 14.6 Å². The maximum atomic E-state index is 12.1. The van der Waals surface area contributed by atoms with E-state index in [-0.39, 0.29) is 5.91 Å². The van der Waals surface area contributed by atoms with Gasteiger partial charge in [0.2, 0.25) is 0 Å². The minimum Gasteiger partial charge on any atom is -0.297 e. The highest BCUT2D eigenvalue weighted by atomic mass is 32.1. The van der Waals surface area contributed by atoms with Crippen LogP contribution < -0.4 is 5.43 Å². The van der Waals surface area contributed by atoms with Gasteiger partial charge in [0, 0.05) is 37.6 Å². The summed E-state index contributed by atoms with van der Waals surface area (Å²) < 4.78 is 0. The molecule has 3 rings (SSSR count). The van der Waals surface area contributed by atoms with Crippen molar-refractivity contribution in [3.05, 3.63) is 58.3 Å². The molecule has 1 N–H and O–H groups in total. The number of nitrogens with one attached hydrogen (secondary N) is 1. The van der Waals surface area contributed by atoms with Crippen LogP contribution in [-0.2, 0) is 11.3 Å². The number of rotatable bonds is 6. The van der Waals surface area contributed by atoms with Gasteiger partial charge in [0.1, 0.15) is 0 Å². The van der Waals surface area contributed by atoms with E-state index in [1.807, 2.05) is 30.5 Å². The van der Waals surface area contributed by atoms with Gasteiger partial charge in [-0.2, -0.15) is 5.10 Å². The van der Waals surface area contributed by atoms with Crippen LogP contribution in [0.4, 0.5) is 0 Å². The molecule has 2 heterocycles. The molecule has 1 aliphatic rings. The first-order chi connectivity index (χ1) is 12.2. The van der Waals surface area contributed by atoms with Crippen LogP contribution in [0.3, 0.4) is 0 Å². The Labute approximate surface area is 153 Å². The van der Waals surface area contributed by atoms with Gasteiger partial charge in [0.15, 0.2) is 0 Å². The number of thiophene rings is 1. The molecule has 0 bridgehead atoms. The summed E-state index contributed by atoms with van der Waals surface area (Å²) in [5.41, 5.74) is 4.85. The standard InChI is InChI=1S/C19H24N4OS/c1-16(18-8-5-13-25-18)20-21-19(24)15-23-11-9-22(10-12-23)14-17-6-3-2-4-7-17/h2-8,13H,9-12,14-15H2,1H3,(H,21,24). The Bertz CT molecular complexity index is 691. The number of carbonyl (C=O) groups excluding carboxylic acids is 1. The quantitative estimate of drug-likeness (QED) is 0.639. The number of amides is 1. The van der Waals surface area contributed by atoms with Crippen LogP contribution in [0.1, 0.15) is 17.4 Å². The predicted octanol–water partition coefficient (Wildman–Crippen LogP) is 2.41. The lowest BCUT2D eigenvalue weighted by Gasteiger charge is -2.34. The molecule has 2 aromatic rings. The number of carbonyl (C=O) groups is 1. The molecule has 0 unspecified atom stereocenters. The van der Waals surface area contributed by atoms with E-state index in [0.29, 0.717) is 6.54 Å². The summed E-state index contributed by atoms with van der Waals surface area (Å²) in [5.74, 6) is -0.0487. The molecule has 1 aliphatic heterocycles. The molecular weight excluding hydrogens is 332 g/mol. The second-order valence-electron chi connectivity index (χ2n) is 6.25. The van der Waals surface area contributed by atoms with Crippen LogP contribution in [0.25, 0.3) is 0 Å². The SMILES string of the molecule is CC(=NNC(=O)CN1CCN(Cc2ccccc2)CC1)c1cccs1. The maximum absolute atomic E-state index is 12.1. The van der Waals surface area contributed by atoms with E-state index >= 15 is 0 Å². The highest BCUT2D eigenvalue weighted by Gasteiger charge is 2.18. The van der Waals surface area contributed by atoms with Crippen molar-refractivity contribution >= 4 is 23.0 Å². The summed E-state index contributed by atoms with van der Waals surface area (Å²) >= 11 is 1.62. The van der Waals surface area contributed by atoms with E-state index in [9.17, 15) is 4.79 Å². The first-order valence-corrected chi connectivity index (χ1v) is 9.44. The van der Waals surface area contributed by atoms with Crippen molar-refractivity contribution in [3.63, 3.8) is 0 Å². The molecule has 0 saturated carbocycles. The Hall–Kier alpha value is -2.02. The maximum Gasteiger partial charge on any atom is 0.254 e. The Balaban J connectivity index is 1.40. The monoisotopic (exact) mass is 356 g/mol. The van der Waals surface area contributed by atoms with Crippen LogP contribution in [0.15, 0.2) is 52.9 Å². The lowest BCUT2D eigenvalue weighted by molar-refractivity contribution is -0.122. The number of benzene rings is 1. The Morgan fingerprint density at radius 3 is 2.48 bits per heavy atom. The highest BCUT2D eigenvalue weighted by Crippen LogP contribution is 2.10. The Morgan fingerprint density at radius 2 is 1.80 bits per heavy atom. The molecule has 132 valence electrons. The summed E-state index contributed by atoms with van der Waals surface area (Å²) in [5, 5.41) is 6.20. The third kappa shape index (κ3) is 5.49. The molecule has 1 fully saturated rings. The number of piperazine rings is 1. The van der Waals surface area contributed by atoms with E-state index < -0.39 is 0 Å². The van der Waals surface area contributed by atoms with E-state index in [0.717, 1.165) is 43.3 Å². The van der Waals surface area contributed by atoms with Gasteiger partial charge in [-0.05, 0) is 23.9 Å². The lowest BCUT2D eigenvalue weighted by Crippen LogP contribution is -2.48. The number of nitrogens with zero attached hydrogens (tertiary/aromatic N) is 3. The van der Waals surface area contributed by atoms with Gasteiger partial charge < -0.3 is 0 Å². The van der Waals surface area contributed by atoms with Crippen LogP contribution in [0, 0.1) is 0 Å². The van der Waals surface area contributed by atoms with Crippen molar-refractivity contribution in [1.82, 2.24) is 15.2 Å². The fraction of sp³-hybridized carbons (Fsp3) is 0.368.